The molecule has 6 heavy (non-hydrogen) atoms. The molecular formula is C2N2OZn. The Morgan fingerprint density at radius 3 is 1.50 bits per heavy atom. The standard InChI is InChI=1S/C2N2O.Zn/c3-1-5-2-4;. The van der Waals surface area contributed by atoms with Gasteiger partial charge in [0, 0.05) is 19.5 Å². The summed E-state index contributed by atoms with van der Waals surface area (Å²) in [4.78, 5) is 0. The summed E-state index contributed by atoms with van der Waals surface area (Å²) in [5, 5.41) is 14.7. The Morgan fingerprint density at radius 2 is 1.50 bits per heavy atom. The van der Waals surface area contributed by atoms with E-state index in [2.05, 4.69) is 4.74 Å². The van der Waals surface area contributed by atoms with Crippen LogP contribution in [0.15, 0.2) is 0 Å². The maximum atomic E-state index is 7.37. The van der Waals surface area contributed by atoms with Crippen LogP contribution < -0.4 is 0 Å². The molecule has 0 aliphatic heterocycles. The Bertz CT molecular complexity index is 76.7. The Kier molecular flexibility index (Phi) is 13.3. The van der Waals surface area contributed by atoms with Crippen molar-refractivity contribution < 1.29 is 24.2 Å². The first-order chi connectivity index (χ1) is 2.41. The van der Waals surface area contributed by atoms with Crippen LogP contribution >= 0.6 is 0 Å². The Balaban J connectivity index is 0. The van der Waals surface area contributed by atoms with Crippen LogP contribution in [-0.2, 0) is 24.2 Å². The number of nitriles is 2. The molecule has 0 bridgehead atoms. The van der Waals surface area contributed by atoms with Crippen molar-refractivity contribution >= 4 is 0 Å². The molecule has 0 radical (unpaired) electrons. The molecule has 0 atom stereocenters. The molecule has 0 heterocycles. The second-order valence-corrected chi connectivity index (χ2v) is 0.285. The van der Waals surface area contributed by atoms with Crippen LogP contribution in [-0.4, -0.2) is 0 Å². The molecular weight excluding hydrogens is 133 g/mol. The van der Waals surface area contributed by atoms with Crippen LogP contribution in [0.2, 0.25) is 0 Å². The molecule has 0 amide bonds. The number of hydrogen-bond donors (Lipinski definition) is 0. The van der Waals surface area contributed by atoms with Gasteiger partial charge < -0.3 is 4.74 Å². The van der Waals surface area contributed by atoms with Crippen LogP contribution in [0.4, 0.5) is 0 Å². The van der Waals surface area contributed by atoms with E-state index in [0.717, 1.165) is 12.5 Å². The van der Waals surface area contributed by atoms with Crippen LogP contribution in [0.1, 0.15) is 0 Å². The summed E-state index contributed by atoms with van der Waals surface area (Å²) < 4.78 is 3.44. The molecule has 26 valence electrons. The molecule has 0 spiro atoms. The first-order valence-electron chi connectivity index (χ1n) is 0.855. The second kappa shape index (κ2) is 8.83. The molecule has 0 aliphatic rings. The summed E-state index contributed by atoms with van der Waals surface area (Å²) in [5.41, 5.74) is 0. The van der Waals surface area contributed by atoms with Gasteiger partial charge >= 0.3 is 12.5 Å². The van der Waals surface area contributed by atoms with E-state index in [9.17, 15) is 0 Å². The summed E-state index contributed by atoms with van der Waals surface area (Å²) in [6.07, 6.45) is 2.31. The van der Waals surface area contributed by atoms with Crippen molar-refractivity contribution in [1.82, 2.24) is 0 Å². The molecule has 4 heteroatoms. The average molecular weight is 133 g/mol. The van der Waals surface area contributed by atoms with Gasteiger partial charge in [0.25, 0.3) is 0 Å². The first kappa shape index (κ1) is 9.05. The van der Waals surface area contributed by atoms with Gasteiger partial charge in [-0.15, -0.1) is 10.5 Å². The van der Waals surface area contributed by atoms with E-state index in [-0.39, 0.29) is 19.5 Å². The van der Waals surface area contributed by atoms with E-state index >= 15 is 0 Å². The van der Waals surface area contributed by atoms with Crippen molar-refractivity contribution in [3.8, 4) is 12.5 Å². The maximum absolute atomic E-state index is 7.37. The van der Waals surface area contributed by atoms with Crippen molar-refractivity contribution in [1.29, 1.82) is 10.5 Å². The third-order valence-corrected chi connectivity index (χ3v) is 0.0913. The Hall–Kier alpha value is -0.597. The van der Waals surface area contributed by atoms with Crippen LogP contribution in [0.3, 0.4) is 0 Å². The summed E-state index contributed by atoms with van der Waals surface area (Å²) >= 11 is 0. The van der Waals surface area contributed by atoms with E-state index < -0.39 is 0 Å². The average Bonchev–Trinajstić information content (AvgIpc) is 1.41. The smallest absolute Gasteiger partial charge is 0.303 e. The van der Waals surface area contributed by atoms with E-state index in [0.29, 0.717) is 0 Å². The predicted octanol–water partition coefficient (Wildman–Crippen LogP) is -0.0373. The van der Waals surface area contributed by atoms with Gasteiger partial charge in [-0.1, -0.05) is 0 Å². The van der Waals surface area contributed by atoms with E-state index in [4.69, 9.17) is 10.5 Å². The minimum Gasteiger partial charge on any atom is -0.308 e. The van der Waals surface area contributed by atoms with Gasteiger partial charge in [0.15, 0.2) is 0 Å². The van der Waals surface area contributed by atoms with E-state index in [1.165, 1.54) is 0 Å². The van der Waals surface area contributed by atoms with Gasteiger partial charge in [0.05, 0.1) is 0 Å². The summed E-state index contributed by atoms with van der Waals surface area (Å²) in [6.45, 7) is 0. The first-order valence-corrected chi connectivity index (χ1v) is 0.855. The van der Waals surface area contributed by atoms with Crippen molar-refractivity contribution in [2.75, 3.05) is 0 Å². The van der Waals surface area contributed by atoms with Crippen molar-refractivity contribution in [2.45, 2.75) is 0 Å². The minimum absolute atomic E-state index is 0. The maximum Gasteiger partial charge on any atom is 0.303 e. The molecule has 0 rings (SSSR count). The topological polar surface area (TPSA) is 56.8 Å². The van der Waals surface area contributed by atoms with E-state index in [1.54, 1.807) is 0 Å². The van der Waals surface area contributed by atoms with Crippen LogP contribution in [0, 0.1) is 23.0 Å². The number of ether oxygens (including phenoxy) is 1. The van der Waals surface area contributed by atoms with Crippen molar-refractivity contribution in [2.24, 2.45) is 0 Å². The predicted molar refractivity (Wildman–Crippen MR) is 12.3 cm³/mol. The van der Waals surface area contributed by atoms with Gasteiger partial charge in [-0.3, -0.25) is 0 Å². The van der Waals surface area contributed by atoms with Crippen molar-refractivity contribution in [3.05, 3.63) is 0 Å². The van der Waals surface area contributed by atoms with E-state index in [1.807, 2.05) is 0 Å². The fraction of sp³-hybridized carbons (Fsp3) is 0. The SMILES string of the molecule is N#COC#N.[Zn]. The summed E-state index contributed by atoms with van der Waals surface area (Å²) in [5.74, 6) is 0. The Morgan fingerprint density at radius 1 is 1.17 bits per heavy atom. The van der Waals surface area contributed by atoms with Crippen molar-refractivity contribution in [3.63, 3.8) is 0 Å². The Labute approximate surface area is 47.9 Å². The monoisotopic (exact) mass is 132 g/mol. The second-order valence-electron chi connectivity index (χ2n) is 0.285. The quantitative estimate of drug-likeness (QED) is 0.344. The van der Waals surface area contributed by atoms with Gasteiger partial charge in [-0.25, -0.2) is 0 Å². The molecule has 0 saturated carbocycles. The molecule has 0 aromatic rings. The van der Waals surface area contributed by atoms with Crippen LogP contribution in [0.5, 0.6) is 0 Å². The largest absolute Gasteiger partial charge is 0.308 e. The third-order valence-electron chi connectivity index (χ3n) is 0.0913. The zero-order chi connectivity index (χ0) is 4.12. The van der Waals surface area contributed by atoms with Crippen LogP contribution in [0.25, 0.3) is 0 Å². The summed E-state index contributed by atoms with van der Waals surface area (Å²) in [7, 11) is 0. The summed E-state index contributed by atoms with van der Waals surface area (Å²) in [6, 6.07) is 0. The van der Waals surface area contributed by atoms with Gasteiger partial charge in [0.2, 0.25) is 0 Å². The fourth-order valence-corrected chi connectivity index (χ4v) is 0.0204. The van der Waals surface area contributed by atoms with Gasteiger partial charge in [0.1, 0.15) is 0 Å². The molecule has 0 aromatic heterocycles. The molecule has 3 nitrogen and oxygen atoms in total. The number of hydrogen-bond acceptors (Lipinski definition) is 3. The number of nitrogens with zero attached hydrogens (tertiary/aromatic N) is 2. The zero-order valence-electron chi connectivity index (χ0n) is 3.01. The minimum atomic E-state index is 0. The molecule has 0 saturated heterocycles. The van der Waals surface area contributed by atoms with Gasteiger partial charge in [-0.05, 0) is 0 Å². The molecule has 0 aromatic carbocycles. The molecule has 0 aliphatic carbocycles. The third kappa shape index (κ3) is 9.98. The molecule has 0 N–H and O–H groups in total. The zero-order valence-corrected chi connectivity index (χ0v) is 5.98. The fourth-order valence-electron chi connectivity index (χ4n) is 0.0204. The van der Waals surface area contributed by atoms with Gasteiger partial charge in [-0.2, -0.15) is 0 Å². The number of rotatable bonds is 0. The molecule has 0 unspecified atom stereocenters. The normalized spacial score (nSPS) is 3.00. The molecule has 0 fully saturated rings.